The minimum absolute atomic E-state index is 0.129. The van der Waals surface area contributed by atoms with Crippen LogP contribution in [0.1, 0.15) is 0 Å². The molecule has 0 aliphatic heterocycles. The second kappa shape index (κ2) is 7.49. The molecular weight excluding hydrogens is 252 g/mol. The van der Waals surface area contributed by atoms with Gasteiger partial charge in [0.2, 0.25) is 5.91 Å². The van der Waals surface area contributed by atoms with Crippen molar-refractivity contribution < 1.29 is 9.53 Å². The Kier molecular flexibility index (Phi) is 5.97. The van der Waals surface area contributed by atoms with Crippen molar-refractivity contribution in [1.82, 2.24) is 14.5 Å². The average molecular weight is 270 g/mol. The summed E-state index contributed by atoms with van der Waals surface area (Å²) in [6.07, 6.45) is 1.30. The summed E-state index contributed by atoms with van der Waals surface area (Å²) in [6.45, 7) is 0.927. The third-order valence-corrected chi connectivity index (χ3v) is 2.43. The maximum absolute atomic E-state index is 11.9. The zero-order chi connectivity index (χ0) is 14.3. The summed E-state index contributed by atoms with van der Waals surface area (Å²) in [6, 6.07) is 1.24. The number of nitrogens with one attached hydrogen (secondary N) is 1. The van der Waals surface area contributed by atoms with Crippen molar-refractivity contribution in [1.29, 1.82) is 0 Å². The van der Waals surface area contributed by atoms with E-state index in [9.17, 15) is 14.4 Å². The van der Waals surface area contributed by atoms with Crippen molar-refractivity contribution >= 4 is 5.91 Å². The van der Waals surface area contributed by atoms with Gasteiger partial charge in [-0.2, -0.15) is 0 Å². The van der Waals surface area contributed by atoms with Gasteiger partial charge in [-0.25, -0.2) is 4.79 Å². The van der Waals surface area contributed by atoms with Crippen LogP contribution in [0.4, 0.5) is 0 Å². The van der Waals surface area contributed by atoms with Gasteiger partial charge in [-0.15, -0.1) is 0 Å². The summed E-state index contributed by atoms with van der Waals surface area (Å²) in [4.78, 5) is 34.9. The van der Waals surface area contributed by atoms with E-state index in [1.165, 1.54) is 23.9 Å². The Hall–Kier alpha value is -1.93. The van der Waals surface area contributed by atoms with Crippen molar-refractivity contribution in [3.63, 3.8) is 0 Å². The highest BCUT2D eigenvalue weighted by atomic mass is 16.5. The second-order valence-corrected chi connectivity index (χ2v) is 3.85. The molecule has 106 valence electrons. The number of carbonyl (C=O) groups is 1. The first-order valence-corrected chi connectivity index (χ1v) is 5.86. The predicted molar refractivity (Wildman–Crippen MR) is 68.9 cm³/mol. The number of aromatic nitrogens is 2. The molecule has 1 aromatic heterocycles. The summed E-state index contributed by atoms with van der Waals surface area (Å²) < 4.78 is 6.96. The average Bonchev–Trinajstić information content (AvgIpc) is 2.38. The van der Waals surface area contributed by atoms with Gasteiger partial charge in [0.05, 0.1) is 6.61 Å². The second-order valence-electron chi connectivity index (χ2n) is 3.85. The molecule has 0 bridgehead atoms. The lowest BCUT2D eigenvalue weighted by molar-refractivity contribution is -0.121. The van der Waals surface area contributed by atoms with E-state index in [1.807, 2.05) is 0 Å². The maximum Gasteiger partial charge on any atom is 0.331 e. The number of methoxy groups -OCH3 is 1. The standard InChI is InChI=1S/C11H18N4O4/c1-19-7-4-13-9(16)8-14-5-2-10(17)15(6-3-12)11(14)18/h2,5H,3-4,6-8,12H2,1H3,(H,13,16). The molecule has 0 aromatic carbocycles. The fourth-order valence-corrected chi connectivity index (χ4v) is 1.52. The first kappa shape index (κ1) is 15.1. The largest absolute Gasteiger partial charge is 0.383 e. The maximum atomic E-state index is 11.9. The van der Waals surface area contributed by atoms with Crippen molar-refractivity contribution in [2.45, 2.75) is 13.1 Å². The minimum Gasteiger partial charge on any atom is -0.383 e. The lowest BCUT2D eigenvalue weighted by atomic mass is 10.5. The summed E-state index contributed by atoms with van der Waals surface area (Å²) in [5.74, 6) is -0.322. The zero-order valence-corrected chi connectivity index (χ0v) is 10.8. The third-order valence-electron chi connectivity index (χ3n) is 2.43. The molecule has 0 radical (unpaired) electrons. The summed E-state index contributed by atoms with van der Waals surface area (Å²) in [5, 5.41) is 2.59. The molecule has 0 atom stereocenters. The van der Waals surface area contributed by atoms with Crippen molar-refractivity contribution in [2.75, 3.05) is 26.8 Å². The number of hydrogen-bond donors (Lipinski definition) is 2. The van der Waals surface area contributed by atoms with Gasteiger partial charge in [-0.3, -0.25) is 18.7 Å². The lowest BCUT2D eigenvalue weighted by Crippen LogP contribution is -2.43. The van der Waals surface area contributed by atoms with E-state index in [1.54, 1.807) is 0 Å². The molecule has 0 aliphatic rings. The molecule has 1 heterocycles. The zero-order valence-electron chi connectivity index (χ0n) is 10.8. The van der Waals surface area contributed by atoms with Gasteiger partial charge in [-0.05, 0) is 0 Å². The molecule has 0 saturated heterocycles. The molecule has 8 nitrogen and oxygen atoms in total. The normalized spacial score (nSPS) is 10.4. The molecule has 0 unspecified atom stereocenters. The van der Waals surface area contributed by atoms with Crippen LogP contribution in [0.5, 0.6) is 0 Å². The van der Waals surface area contributed by atoms with Crippen LogP contribution in [-0.4, -0.2) is 41.8 Å². The van der Waals surface area contributed by atoms with Crippen molar-refractivity contribution in [3.05, 3.63) is 33.1 Å². The van der Waals surface area contributed by atoms with Gasteiger partial charge in [0.1, 0.15) is 6.54 Å². The number of hydrogen-bond acceptors (Lipinski definition) is 5. The number of rotatable bonds is 7. The fraction of sp³-hybridized carbons (Fsp3) is 0.545. The Morgan fingerprint density at radius 3 is 2.84 bits per heavy atom. The molecule has 0 fully saturated rings. The molecule has 0 saturated carbocycles. The van der Waals surface area contributed by atoms with Crippen LogP contribution in [0, 0.1) is 0 Å². The highest BCUT2D eigenvalue weighted by Gasteiger charge is 2.07. The fourth-order valence-electron chi connectivity index (χ4n) is 1.52. The van der Waals surface area contributed by atoms with Crippen molar-refractivity contribution in [3.8, 4) is 0 Å². The third kappa shape index (κ3) is 4.34. The molecule has 8 heteroatoms. The number of ether oxygens (including phenoxy) is 1. The van der Waals surface area contributed by atoms with Gasteiger partial charge >= 0.3 is 5.69 Å². The molecule has 19 heavy (non-hydrogen) atoms. The van der Waals surface area contributed by atoms with Crippen molar-refractivity contribution in [2.24, 2.45) is 5.73 Å². The predicted octanol–water partition coefficient (Wildman–Crippen LogP) is -2.27. The molecule has 0 spiro atoms. The summed E-state index contributed by atoms with van der Waals surface area (Å²) >= 11 is 0. The molecule has 1 aromatic rings. The SMILES string of the molecule is COCCNC(=O)Cn1ccc(=O)n(CCN)c1=O. The minimum atomic E-state index is -0.542. The van der Waals surface area contributed by atoms with Crippen LogP contribution < -0.4 is 22.3 Å². The van der Waals surface area contributed by atoms with Crippen LogP contribution in [0.15, 0.2) is 21.9 Å². The Morgan fingerprint density at radius 1 is 1.47 bits per heavy atom. The topological polar surface area (TPSA) is 108 Å². The molecule has 3 N–H and O–H groups in total. The number of nitrogens with two attached hydrogens (primary N) is 1. The van der Waals surface area contributed by atoms with Crippen LogP contribution in [-0.2, 0) is 22.6 Å². The monoisotopic (exact) mass is 270 g/mol. The van der Waals surface area contributed by atoms with Gasteiger partial charge in [0, 0.05) is 39.0 Å². The Labute approximate surface area is 109 Å². The Balaban J connectivity index is 2.79. The van der Waals surface area contributed by atoms with E-state index in [0.29, 0.717) is 13.2 Å². The van der Waals surface area contributed by atoms with E-state index in [0.717, 1.165) is 4.57 Å². The van der Waals surface area contributed by atoms with Gasteiger partial charge in [-0.1, -0.05) is 0 Å². The van der Waals surface area contributed by atoms with Gasteiger partial charge < -0.3 is 15.8 Å². The lowest BCUT2D eigenvalue weighted by Gasteiger charge is -2.09. The smallest absolute Gasteiger partial charge is 0.331 e. The quantitative estimate of drug-likeness (QED) is 0.543. The molecule has 0 aliphatic carbocycles. The first-order valence-electron chi connectivity index (χ1n) is 5.86. The molecular formula is C11H18N4O4. The van der Waals surface area contributed by atoms with Crippen LogP contribution in [0.25, 0.3) is 0 Å². The van der Waals surface area contributed by atoms with E-state index < -0.39 is 11.2 Å². The number of carbonyl (C=O) groups excluding carboxylic acids is 1. The van der Waals surface area contributed by atoms with Crippen LogP contribution in [0.3, 0.4) is 0 Å². The Bertz CT molecular complexity index is 534. The summed E-state index contributed by atoms with van der Waals surface area (Å²) in [5.41, 5.74) is 4.36. The van der Waals surface area contributed by atoms with Crippen LogP contribution in [0.2, 0.25) is 0 Å². The number of amides is 1. The van der Waals surface area contributed by atoms with E-state index in [-0.39, 0.29) is 25.5 Å². The first-order chi connectivity index (χ1) is 9.10. The van der Waals surface area contributed by atoms with Crippen LogP contribution >= 0.6 is 0 Å². The van der Waals surface area contributed by atoms with Gasteiger partial charge in [0.15, 0.2) is 0 Å². The highest BCUT2D eigenvalue weighted by molar-refractivity contribution is 5.75. The van der Waals surface area contributed by atoms with E-state index >= 15 is 0 Å². The number of nitrogens with zero attached hydrogens (tertiary/aromatic N) is 2. The Morgan fingerprint density at radius 2 is 2.21 bits per heavy atom. The van der Waals surface area contributed by atoms with E-state index in [4.69, 9.17) is 10.5 Å². The van der Waals surface area contributed by atoms with E-state index in [2.05, 4.69) is 5.32 Å². The molecule has 1 amide bonds. The molecule has 1 rings (SSSR count). The van der Waals surface area contributed by atoms with Gasteiger partial charge in [0.25, 0.3) is 5.56 Å². The highest BCUT2D eigenvalue weighted by Crippen LogP contribution is 1.81. The summed E-state index contributed by atoms with van der Waals surface area (Å²) in [7, 11) is 1.53.